The lowest BCUT2D eigenvalue weighted by atomic mass is 10.1. The highest BCUT2D eigenvalue weighted by Gasteiger charge is 2.30. The molecule has 152 valence electrons. The van der Waals surface area contributed by atoms with E-state index in [0.717, 1.165) is 22.5 Å². The van der Waals surface area contributed by atoms with Crippen LogP contribution in [-0.2, 0) is 21.2 Å². The van der Waals surface area contributed by atoms with Crippen molar-refractivity contribution in [2.24, 2.45) is 0 Å². The maximum Gasteiger partial charge on any atom is 0.247 e. The number of nitrogens with one attached hydrogen (secondary N) is 1. The Kier molecular flexibility index (Phi) is 6.90. The highest BCUT2D eigenvalue weighted by atomic mass is 32.2. The van der Waals surface area contributed by atoms with Crippen molar-refractivity contribution < 1.29 is 22.7 Å². The Morgan fingerprint density at radius 3 is 2.18 bits per heavy atom. The van der Waals surface area contributed by atoms with E-state index in [1.165, 1.54) is 27.2 Å². The number of hydrogen-bond acceptors (Lipinski definition) is 5. The van der Waals surface area contributed by atoms with Crippen LogP contribution in [0.4, 0.5) is 11.4 Å². The predicted molar refractivity (Wildman–Crippen MR) is 111 cm³/mol. The van der Waals surface area contributed by atoms with Crippen molar-refractivity contribution in [2.75, 3.05) is 30.1 Å². The van der Waals surface area contributed by atoms with Gasteiger partial charge >= 0.3 is 0 Å². The SMILES string of the molecule is CCc1ccc(NC(=O)C(C)N(c2ccc(OC)c(OC)c2)S(C)(=O)=O)cc1. The number of sulfonamides is 1. The van der Waals surface area contributed by atoms with Gasteiger partial charge < -0.3 is 14.8 Å². The molecule has 0 saturated carbocycles. The van der Waals surface area contributed by atoms with Crippen LogP contribution in [-0.4, -0.2) is 40.8 Å². The van der Waals surface area contributed by atoms with E-state index in [2.05, 4.69) is 5.32 Å². The molecule has 8 heteroatoms. The van der Waals surface area contributed by atoms with Gasteiger partial charge in [-0.05, 0) is 43.2 Å². The van der Waals surface area contributed by atoms with E-state index < -0.39 is 22.0 Å². The lowest BCUT2D eigenvalue weighted by molar-refractivity contribution is -0.116. The number of methoxy groups -OCH3 is 2. The van der Waals surface area contributed by atoms with Gasteiger partial charge in [-0.1, -0.05) is 19.1 Å². The summed E-state index contributed by atoms with van der Waals surface area (Å²) < 4.78 is 36.4. The smallest absolute Gasteiger partial charge is 0.247 e. The van der Waals surface area contributed by atoms with Crippen molar-refractivity contribution in [3.8, 4) is 11.5 Å². The molecule has 1 unspecified atom stereocenters. The molecule has 2 aromatic carbocycles. The summed E-state index contributed by atoms with van der Waals surface area (Å²) in [5, 5.41) is 2.77. The summed E-state index contributed by atoms with van der Waals surface area (Å²) in [4.78, 5) is 12.7. The second-order valence-electron chi connectivity index (χ2n) is 6.31. The Morgan fingerprint density at radius 1 is 1.07 bits per heavy atom. The van der Waals surface area contributed by atoms with Crippen molar-refractivity contribution >= 4 is 27.3 Å². The minimum absolute atomic E-state index is 0.309. The van der Waals surface area contributed by atoms with E-state index in [1.807, 2.05) is 19.1 Å². The van der Waals surface area contributed by atoms with Crippen LogP contribution in [0.25, 0.3) is 0 Å². The Morgan fingerprint density at radius 2 is 1.68 bits per heavy atom. The largest absolute Gasteiger partial charge is 0.493 e. The number of ether oxygens (including phenoxy) is 2. The number of hydrogen-bond donors (Lipinski definition) is 1. The van der Waals surface area contributed by atoms with Crippen LogP contribution in [0, 0.1) is 0 Å². The minimum Gasteiger partial charge on any atom is -0.493 e. The zero-order valence-electron chi connectivity index (χ0n) is 16.7. The molecule has 0 saturated heterocycles. The normalized spacial score (nSPS) is 12.2. The average Bonchev–Trinajstić information content (AvgIpc) is 2.67. The summed E-state index contributed by atoms with van der Waals surface area (Å²) in [5.41, 5.74) is 2.06. The third-order valence-corrected chi connectivity index (χ3v) is 5.58. The summed E-state index contributed by atoms with van der Waals surface area (Å²) in [6.07, 6.45) is 1.95. The summed E-state index contributed by atoms with van der Waals surface area (Å²) in [6, 6.07) is 11.2. The maximum atomic E-state index is 12.7. The molecule has 0 bridgehead atoms. The van der Waals surface area contributed by atoms with Gasteiger partial charge in [0.2, 0.25) is 15.9 Å². The number of carbonyl (C=O) groups excluding carboxylic acids is 1. The third-order valence-electron chi connectivity index (χ3n) is 4.34. The van der Waals surface area contributed by atoms with Gasteiger partial charge in [-0.3, -0.25) is 9.10 Å². The van der Waals surface area contributed by atoms with Crippen molar-refractivity contribution in [1.82, 2.24) is 0 Å². The van der Waals surface area contributed by atoms with Crippen LogP contribution in [0.3, 0.4) is 0 Å². The van der Waals surface area contributed by atoms with Crippen molar-refractivity contribution in [2.45, 2.75) is 26.3 Å². The quantitative estimate of drug-likeness (QED) is 0.728. The van der Waals surface area contributed by atoms with Crippen molar-refractivity contribution in [3.63, 3.8) is 0 Å². The van der Waals surface area contributed by atoms with Gasteiger partial charge in [0.1, 0.15) is 6.04 Å². The van der Waals surface area contributed by atoms with Gasteiger partial charge in [-0.2, -0.15) is 0 Å². The number of aryl methyl sites for hydroxylation is 1. The lowest BCUT2D eigenvalue weighted by Gasteiger charge is -2.28. The molecule has 0 aliphatic carbocycles. The number of anilines is 2. The molecule has 7 nitrogen and oxygen atoms in total. The van der Waals surface area contributed by atoms with E-state index in [-0.39, 0.29) is 0 Å². The standard InChI is InChI=1S/C20H26N2O5S/c1-6-15-7-9-16(10-8-15)21-20(23)14(2)22(28(5,24)25)17-11-12-18(26-3)19(13-17)27-4/h7-14H,6H2,1-5H3,(H,21,23). The number of rotatable bonds is 8. The first-order chi connectivity index (χ1) is 13.2. The van der Waals surface area contributed by atoms with Crippen LogP contribution in [0.1, 0.15) is 19.4 Å². The molecule has 0 aliphatic heterocycles. The fraction of sp³-hybridized carbons (Fsp3) is 0.350. The molecule has 0 aromatic heterocycles. The topological polar surface area (TPSA) is 84.9 Å². The highest BCUT2D eigenvalue weighted by Crippen LogP contribution is 2.33. The fourth-order valence-corrected chi connectivity index (χ4v) is 4.01. The molecule has 2 aromatic rings. The minimum atomic E-state index is -3.73. The molecule has 1 atom stereocenters. The maximum absolute atomic E-state index is 12.7. The van der Waals surface area contributed by atoms with Gasteiger partial charge in [-0.15, -0.1) is 0 Å². The van der Waals surface area contributed by atoms with E-state index in [9.17, 15) is 13.2 Å². The van der Waals surface area contributed by atoms with Crippen LogP contribution < -0.4 is 19.1 Å². The van der Waals surface area contributed by atoms with Crippen molar-refractivity contribution in [1.29, 1.82) is 0 Å². The second kappa shape index (κ2) is 8.97. The predicted octanol–water partition coefficient (Wildman–Crippen LogP) is 3.06. The number of nitrogens with zero attached hydrogens (tertiary/aromatic N) is 1. The molecule has 0 radical (unpaired) electrons. The molecule has 2 rings (SSSR count). The van der Waals surface area contributed by atoms with Gasteiger partial charge in [0, 0.05) is 11.8 Å². The number of benzene rings is 2. The summed E-state index contributed by atoms with van der Waals surface area (Å²) >= 11 is 0. The molecule has 1 amide bonds. The first kappa shape index (κ1) is 21.6. The number of amides is 1. The summed E-state index contributed by atoms with van der Waals surface area (Å²) in [5.74, 6) is 0.397. The van der Waals surface area contributed by atoms with E-state index in [1.54, 1.807) is 24.3 Å². The first-order valence-electron chi connectivity index (χ1n) is 8.82. The molecule has 0 aliphatic rings. The van der Waals surface area contributed by atoms with E-state index >= 15 is 0 Å². The Balaban J connectivity index is 2.33. The van der Waals surface area contributed by atoms with E-state index in [4.69, 9.17) is 9.47 Å². The van der Waals surface area contributed by atoms with E-state index in [0.29, 0.717) is 22.9 Å². The first-order valence-corrected chi connectivity index (χ1v) is 10.7. The van der Waals surface area contributed by atoms with Crippen LogP contribution in [0.2, 0.25) is 0 Å². The molecule has 0 fully saturated rings. The lowest BCUT2D eigenvalue weighted by Crippen LogP contribution is -2.45. The molecule has 1 N–H and O–H groups in total. The monoisotopic (exact) mass is 406 g/mol. The van der Waals surface area contributed by atoms with Gasteiger partial charge in [0.15, 0.2) is 11.5 Å². The van der Waals surface area contributed by atoms with Crippen molar-refractivity contribution in [3.05, 3.63) is 48.0 Å². The Bertz CT molecular complexity index is 926. The van der Waals surface area contributed by atoms with Gasteiger partial charge in [-0.25, -0.2) is 8.42 Å². The average molecular weight is 407 g/mol. The molecular weight excluding hydrogens is 380 g/mol. The summed E-state index contributed by atoms with van der Waals surface area (Å²) in [7, 11) is -0.781. The zero-order chi connectivity index (χ0) is 20.9. The Labute approximate surface area is 166 Å². The number of carbonyl (C=O) groups is 1. The third kappa shape index (κ3) is 4.95. The molecule has 0 spiro atoms. The van der Waals surface area contributed by atoms with Gasteiger partial charge in [0.25, 0.3) is 0 Å². The molecule has 28 heavy (non-hydrogen) atoms. The Hall–Kier alpha value is -2.74. The zero-order valence-corrected chi connectivity index (χ0v) is 17.5. The van der Waals surface area contributed by atoms with Crippen LogP contribution in [0.5, 0.6) is 11.5 Å². The van der Waals surface area contributed by atoms with Crippen LogP contribution >= 0.6 is 0 Å². The summed E-state index contributed by atoms with van der Waals surface area (Å²) in [6.45, 7) is 3.58. The second-order valence-corrected chi connectivity index (χ2v) is 8.17. The fourth-order valence-electron chi connectivity index (χ4n) is 2.84. The molecule has 0 heterocycles. The highest BCUT2D eigenvalue weighted by molar-refractivity contribution is 7.92. The van der Waals surface area contributed by atoms with Gasteiger partial charge in [0.05, 0.1) is 26.2 Å². The molecular formula is C20H26N2O5S. The van der Waals surface area contributed by atoms with Crippen LogP contribution in [0.15, 0.2) is 42.5 Å².